The third kappa shape index (κ3) is 5.18. The van der Waals surface area contributed by atoms with Gasteiger partial charge in [-0.2, -0.15) is 0 Å². The maximum atomic E-state index is 3.72. The average Bonchev–Trinajstić information content (AvgIpc) is 2.49. The van der Waals surface area contributed by atoms with E-state index in [2.05, 4.69) is 72.9 Å². The van der Waals surface area contributed by atoms with Crippen LogP contribution in [0.15, 0.2) is 60.7 Å². The fourth-order valence-electron chi connectivity index (χ4n) is 2.50. The summed E-state index contributed by atoms with van der Waals surface area (Å²) in [5.41, 5.74) is 2.83. The predicted molar refractivity (Wildman–Crippen MR) is 87.0 cm³/mol. The third-order valence-corrected chi connectivity index (χ3v) is 3.61. The predicted octanol–water partition coefficient (Wildman–Crippen LogP) is 4.23. The minimum Gasteiger partial charge on any atom is -0.313 e. The van der Waals surface area contributed by atoms with Crippen molar-refractivity contribution in [3.63, 3.8) is 0 Å². The van der Waals surface area contributed by atoms with Gasteiger partial charge in [-0.3, -0.25) is 0 Å². The van der Waals surface area contributed by atoms with Gasteiger partial charge in [0.1, 0.15) is 0 Å². The highest BCUT2D eigenvalue weighted by molar-refractivity contribution is 5.19. The van der Waals surface area contributed by atoms with Crippen molar-refractivity contribution < 1.29 is 0 Å². The van der Waals surface area contributed by atoms with E-state index < -0.39 is 0 Å². The van der Waals surface area contributed by atoms with E-state index in [4.69, 9.17) is 0 Å². The lowest BCUT2D eigenvalue weighted by atomic mass is 9.99. The Bertz CT molecular complexity index is 422. The molecular weight excluding hydrogens is 242 g/mol. The lowest BCUT2D eigenvalue weighted by Crippen LogP contribution is -2.34. The van der Waals surface area contributed by atoms with Crippen molar-refractivity contribution in [1.29, 1.82) is 0 Å². The molecule has 0 saturated carbocycles. The molecule has 0 aliphatic rings. The van der Waals surface area contributed by atoms with E-state index in [1.54, 1.807) is 0 Å². The molecule has 0 aromatic heterocycles. The lowest BCUT2D eigenvalue weighted by molar-refractivity contribution is 0.496. The number of nitrogens with one attached hydrogen (secondary N) is 1. The molecule has 2 aromatic carbocycles. The molecule has 20 heavy (non-hydrogen) atoms. The lowest BCUT2D eigenvalue weighted by Gasteiger charge is -2.19. The van der Waals surface area contributed by atoms with Gasteiger partial charge >= 0.3 is 0 Å². The number of hydrogen-bond acceptors (Lipinski definition) is 1. The van der Waals surface area contributed by atoms with E-state index in [9.17, 15) is 0 Å². The first kappa shape index (κ1) is 14.8. The maximum Gasteiger partial charge on any atom is 0.0148 e. The Labute approximate surface area is 123 Å². The minimum absolute atomic E-state index is 0.520. The van der Waals surface area contributed by atoms with Gasteiger partial charge in [0.15, 0.2) is 0 Å². The van der Waals surface area contributed by atoms with Crippen LogP contribution in [-0.4, -0.2) is 12.6 Å². The zero-order chi connectivity index (χ0) is 14.0. The summed E-state index contributed by atoms with van der Waals surface area (Å²) >= 11 is 0. The highest BCUT2D eigenvalue weighted by Crippen LogP contribution is 2.09. The molecular formula is C19H25N. The van der Waals surface area contributed by atoms with Crippen LogP contribution in [0.4, 0.5) is 0 Å². The molecule has 2 aromatic rings. The van der Waals surface area contributed by atoms with E-state index in [0.717, 1.165) is 19.4 Å². The molecule has 0 unspecified atom stereocenters. The van der Waals surface area contributed by atoms with Gasteiger partial charge in [0.25, 0.3) is 0 Å². The summed E-state index contributed by atoms with van der Waals surface area (Å²) in [6.07, 6.45) is 4.69. The minimum atomic E-state index is 0.520. The summed E-state index contributed by atoms with van der Waals surface area (Å²) in [4.78, 5) is 0. The molecule has 0 atom stereocenters. The van der Waals surface area contributed by atoms with E-state index in [-0.39, 0.29) is 0 Å². The van der Waals surface area contributed by atoms with Gasteiger partial charge in [-0.1, -0.05) is 74.0 Å². The number of rotatable bonds is 8. The molecule has 0 fully saturated rings. The summed E-state index contributed by atoms with van der Waals surface area (Å²) in [5.74, 6) is 0. The van der Waals surface area contributed by atoms with Crippen LogP contribution in [0.3, 0.4) is 0 Å². The second-order valence-corrected chi connectivity index (χ2v) is 5.38. The van der Waals surface area contributed by atoms with Crippen LogP contribution in [0.5, 0.6) is 0 Å². The maximum absolute atomic E-state index is 3.72. The van der Waals surface area contributed by atoms with Crippen molar-refractivity contribution in [3.05, 3.63) is 71.8 Å². The second kappa shape index (κ2) is 8.55. The highest BCUT2D eigenvalue weighted by atomic mass is 14.9. The number of unbranched alkanes of at least 4 members (excludes halogenated alkanes) is 1. The summed E-state index contributed by atoms with van der Waals surface area (Å²) < 4.78 is 0. The first-order chi connectivity index (χ1) is 9.88. The first-order valence-electron chi connectivity index (χ1n) is 7.69. The van der Waals surface area contributed by atoms with Crippen LogP contribution in [0.2, 0.25) is 0 Å². The fourth-order valence-corrected chi connectivity index (χ4v) is 2.50. The number of hydrogen-bond donors (Lipinski definition) is 1. The molecule has 1 N–H and O–H groups in total. The summed E-state index contributed by atoms with van der Waals surface area (Å²) in [5, 5.41) is 3.72. The standard InChI is InChI=1S/C19H25N/c1-2-3-14-20-19(15-17-10-6-4-7-11-17)16-18-12-8-5-9-13-18/h4-13,19-20H,2-3,14-16H2,1H3. The Morgan fingerprint density at radius 2 is 1.30 bits per heavy atom. The highest BCUT2D eigenvalue weighted by Gasteiger charge is 2.09. The van der Waals surface area contributed by atoms with Crippen LogP contribution < -0.4 is 5.32 Å². The smallest absolute Gasteiger partial charge is 0.0148 e. The monoisotopic (exact) mass is 267 g/mol. The van der Waals surface area contributed by atoms with Crippen molar-refractivity contribution in [2.75, 3.05) is 6.54 Å². The van der Waals surface area contributed by atoms with Crippen LogP contribution in [0.25, 0.3) is 0 Å². The molecule has 0 aliphatic carbocycles. The molecule has 0 aliphatic heterocycles. The Balaban J connectivity index is 1.96. The Kier molecular flexibility index (Phi) is 6.33. The van der Waals surface area contributed by atoms with Gasteiger partial charge in [0.05, 0.1) is 0 Å². The van der Waals surface area contributed by atoms with Crippen LogP contribution >= 0.6 is 0 Å². The van der Waals surface area contributed by atoms with Crippen molar-refractivity contribution >= 4 is 0 Å². The van der Waals surface area contributed by atoms with Gasteiger partial charge in [0.2, 0.25) is 0 Å². The van der Waals surface area contributed by atoms with Gasteiger partial charge in [-0.05, 0) is 36.9 Å². The van der Waals surface area contributed by atoms with Gasteiger partial charge < -0.3 is 5.32 Å². The van der Waals surface area contributed by atoms with Gasteiger partial charge in [0, 0.05) is 6.04 Å². The van der Waals surface area contributed by atoms with Gasteiger partial charge in [-0.15, -0.1) is 0 Å². The molecule has 1 heteroatoms. The quantitative estimate of drug-likeness (QED) is 0.706. The zero-order valence-electron chi connectivity index (χ0n) is 12.4. The summed E-state index contributed by atoms with van der Waals surface area (Å²) in [6.45, 7) is 3.35. The van der Waals surface area contributed by atoms with E-state index in [1.807, 2.05) is 0 Å². The van der Waals surface area contributed by atoms with Crippen LogP contribution in [0.1, 0.15) is 30.9 Å². The first-order valence-corrected chi connectivity index (χ1v) is 7.69. The molecule has 0 bridgehead atoms. The molecule has 0 amide bonds. The average molecular weight is 267 g/mol. The van der Waals surface area contributed by atoms with Crippen LogP contribution in [-0.2, 0) is 12.8 Å². The second-order valence-electron chi connectivity index (χ2n) is 5.38. The van der Waals surface area contributed by atoms with Crippen molar-refractivity contribution in [2.45, 2.75) is 38.6 Å². The van der Waals surface area contributed by atoms with Crippen LogP contribution in [0, 0.1) is 0 Å². The molecule has 106 valence electrons. The summed E-state index contributed by atoms with van der Waals surface area (Å²) in [6, 6.07) is 22.1. The van der Waals surface area contributed by atoms with E-state index in [1.165, 1.54) is 24.0 Å². The molecule has 0 saturated heterocycles. The normalized spacial score (nSPS) is 10.9. The van der Waals surface area contributed by atoms with Crippen molar-refractivity contribution in [1.82, 2.24) is 5.32 Å². The molecule has 0 radical (unpaired) electrons. The van der Waals surface area contributed by atoms with Gasteiger partial charge in [-0.25, -0.2) is 0 Å². The Morgan fingerprint density at radius 1 is 0.800 bits per heavy atom. The third-order valence-electron chi connectivity index (χ3n) is 3.61. The van der Waals surface area contributed by atoms with Crippen molar-refractivity contribution in [3.8, 4) is 0 Å². The molecule has 0 spiro atoms. The Morgan fingerprint density at radius 3 is 1.75 bits per heavy atom. The SMILES string of the molecule is CCCCNC(Cc1ccccc1)Cc1ccccc1. The Hall–Kier alpha value is -1.60. The molecule has 2 rings (SSSR count). The fraction of sp³-hybridized carbons (Fsp3) is 0.368. The van der Waals surface area contributed by atoms with E-state index in [0.29, 0.717) is 6.04 Å². The van der Waals surface area contributed by atoms with E-state index >= 15 is 0 Å². The largest absolute Gasteiger partial charge is 0.313 e. The van der Waals surface area contributed by atoms with Crippen molar-refractivity contribution in [2.24, 2.45) is 0 Å². The topological polar surface area (TPSA) is 12.0 Å². The summed E-state index contributed by atoms with van der Waals surface area (Å²) in [7, 11) is 0. The zero-order valence-corrected chi connectivity index (χ0v) is 12.4. The molecule has 0 heterocycles. The molecule has 1 nitrogen and oxygen atoms in total. The number of benzene rings is 2.